The molecular formula is C16H23NO2. The molecule has 1 saturated heterocycles. The molecule has 0 unspecified atom stereocenters. The first-order chi connectivity index (χ1) is 9.13. The van der Waals surface area contributed by atoms with Crippen molar-refractivity contribution in [3.05, 3.63) is 34.4 Å². The number of aryl methyl sites for hydroxylation is 2. The third-order valence-electron chi connectivity index (χ3n) is 3.85. The van der Waals surface area contributed by atoms with E-state index in [1.165, 1.54) is 24.0 Å². The van der Waals surface area contributed by atoms with Crippen LogP contribution in [0.15, 0.2) is 12.1 Å². The average Bonchev–Trinajstić information content (AvgIpc) is 2.42. The molecular weight excluding hydrogens is 238 g/mol. The van der Waals surface area contributed by atoms with Crippen molar-refractivity contribution < 1.29 is 9.53 Å². The monoisotopic (exact) mass is 261 g/mol. The topological polar surface area (TPSA) is 38.3 Å². The Kier molecular flexibility index (Phi) is 4.59. The van der Waals surface area contributed by atoms with Crippen LogP contribution < -0.4 is 5.32 Å². The summed E-state index contributed by atoms with van der Waals surface area (Å²) in [5.74, 6) is 0.361. The summed E-state index contributed by atoms with van der Waals surface area (Å²) in [4.78, 5) is 11.9. The first-order valence-electron chi connectivity index (χ1n) is 7.12. The second-order valence-electron chi connectivity index (χ2n) is 5.29. The average molecular weight is 261 g/mol. The Morgan fingerprint density at radius 2 is 2.16 bits per heavy atom. The van der Waals surface area contributed by atoms with Crippen LogP contribution in [0.4, 0.5) is 0 Å². The van der Waals surface area contributed by atoms with Crippen molar-refractivity contribution in [1.29, 1.82) is 0 Å². The Morgan fingerprint density at radius 1 is 1.37 bits per heavy atom. The van der Waals surface area contributed by atoms with Crippen molar-refractivity contribution in [3.63, 3.8) is 0 Å². The lowest BCUT2D eigenvalue weighted by Crippen LogP contribution is -2.28. The first kappa shape index (κ1) is 14.1. The number of carbonyl (C=O) groups is 1. The van der Waals surface area contributed by atoms with Gasteiger partial charge in [-0.1, -0.05) is 6.07 Å². The highest BCUT2D eigenvalue weighted by Crippen LogP contribution is 2.28. The number of carbonyl (C=O) groups excluding carboxylic acids is 1. The molecule has 0 radical (unpaired) electrons. The predicted octanol–water partition coefficient (Wildman–Crippen LogP) is 2.95. The van der Waals surface area contributed by atoms with E-state index in [1.54, 1.807) is 0 Å². The van der Waals surface area contributed by atoms with Crippen LogP contribution in [0.3, 0.4) is 0 Å². The van der Waals surface area contributed by atoms with E-state index in [0.29, 0.717) is 18.1 Å². The van der Waals surface area contributed by atoms with E-state index in [4.69, 9.17) is 4.74 Å². The maximum atomic E-state index is 11.9. The van der Waals surface area contributed by atoms with Gasteiger partial charge in [0.2, 0.25) is 0 Å². The van der Waals surface area contributed by atoms with E-state index in [9.17, 15) is 4.79 Å². The molecule has 1 heterocycles. The van der Waals surface area contributed by atoms with Crippen LogP contribution in [0.25, 0.3) is 0 Å². The van der Waals surface area contributed by atoms with Crippen molar-refractivity contribution in [1.82, 2.24) is 5.32 Å². The van der Waals surface area contributed by atoms with E-state index in [-0.39, 0.29) is 5.97 Å². The summed E-state index contributed by atoms with van der Waals surface area (Å²) in [6.07, 6.45) is 2.45. The summed E-state index contributed by atoms with van der Waals surface area (Å²) in [6, 6.07) is 4.15. The Bertz CT molecular complexity index is 462. The molecule has 3 nitrogen and oxygen atoms in total. The van der Waals surface area contributed by atoms with Crippen LogP contribution in [-0.2, 0) is 4.74 Å². The molecule has 19 heavy (non-hydrogen) atoms. The number of piperidine rings is 1. The molecule has 1 atom stereocenters. The molecule has 0 bridgehead atoms. The summed E-state index contributed by atoms with van der Waals surface area (Å²) in [5, 5.41) is 3.45. The van der Waals surface area contributed by atoms with Crippen molar-refractivity contribution in [2.45, 2.75) is 39.5 Å². The van der Waals surface area contributed by atoms with Crippen molar-refractivity contribution in [2.75, 3.05) is 19.7 Å². The van der Waals surface area contributed by atoms with E-state index in [2.05, 4.69) is 18.3 Å². The summed E-state index contributed by atoms with van der Waals surface area (Å²) < 4.78 is 5.10. The quantitative estimate of drug-likeness (QED) is 0.850. The van der Waals surface area contributed by atoms with Crippen LogP contribution >= 0.6 is 0 Å². The molecule has 1 fully saturated rings. The molecule has 1 aromatic carbocycles. The second kappa shape index (κ2) is 6.20. The van der Waals surface area contributed by atoms with Crippen molar-refractivity contribution in [2.24, 2.45) is 0 Å². The molecule has 0 amide bonds. The smallest absolute Gasteiger partial charge is 0.338 e. The third-order valence-corrected chi connectivity index (χ3v) is 3.85. The molecule has 2 rings (SSSR count). The van der Waals surface area contributed by atoms with Crippen LogP contribution in [0.5, 0.6) is 0 Å². The maximum Gasteiger partial charge on any atom is 0.338 e. The van der Waals surface area contributed by atoms with E-state index >= 15 is 0 Å². The number of benzene rings is 1. The molecule has 104 valence electrons. The summed E-state index contributed by atoms with van der Waals surface area (Å²) in [6.45, 7) is 8.50. The molecule has 0 aliphatic carbocycles. The lowest BCUT2D eigenvalue weighted by Gasteiger charge is -2.25. The largest absolute Gasteiger partial charge is 0.462 e. The first-order valence-corrected chi connectivity index (χ1v) is 7.12. The molecule has 1 N–H and O–H groups in total. The lowest BCUT2D eigenvalue weighted by molar-refractivity contribution is 0.0525. The second-order valence-corrected chi connectivity index (χ2v) is 5.29. The summed E-state index contributed by atoms with van der Waals surface area (Å²) in [7, 11) is 0. The van der Waals surface area contributed by atoms with Gasteiger partial charge in [-0.2, -0.15) is 0 Å². The van der Waals surface area contributed by atoms with Crippen LogP contribution in [0.1, 0.15) is 52.7 Å². The van der Waals surface area contributed by atoms with Crippen LogP contribution in [-0.4, -0.2) is 25.7 Å². The zero-order valence-electron chi connectivity index (χ0n) is 12.1. The van der Waals surface area contributed by atoms with Gasteiger partial charge in [0, 0.05) is 6.54 Å². The van der Waals surface area contributed by atoms with Gasteiger partial charge in [0.25, 0.3) is 0 Å². The highest BCUT2D eigenvalue weighted by molar-refractivity contribution is 5.91. The number of hydrogen-bond acceptors (Lipinski definition) is 3. The fraction of sp³-hybridized carbons (Fsp3) is 0.562. The summed E-state index contributed by atoms with van der Waals surface area (Å²) in [5.41, 5.74) is 4.29. The fourth-order valence-electron chi connectivity index (χ4n) is 2.82. The third kappa shape index (κ3) is 3.16. The van der Waals surface area contributed by atoms with E-state index < -0.39 is 0 Å². The standard InChI is InChI=1S/C16H23NO2/c1-4-19-16(18)15-9-11(2)14(8-12(15)3)13-6-5-7-17-10-13/h8-9,13,17H,4-7,10H2,1-3H3/t13-/m0/s1. The Balaban J connectivity index is 2.28. The normalized spacial score (nSPS) is 19.2. The minimum atomic E-state index is -0.212. The predicted molar refractivity (Wildman–Crippen MR) is 76.7 cm³/mol. The fourth-order valence-corrected chi connectivity index (χ4v) is 2.82. The van der Waals surface area contributed by atoms with Gasteiger partial charge < -0.3 is 10.1 Å². The van der Waals surface area contributed by atoms with Gasteiger partial charge in [-0.3, -0.25) is 0 Å². The lowest BCUT2D eigenvalue weighted by atomic mass is 9.86. The Labute approximate surface area is 115 Å². The zero-order valence-corrected chi connectivity index (χ0v) is 12.1. The van der Waals surface area contributed by atoms with Gasteiger partial charge in [0.15, 0.2) is 0 Å². The number of rotatable bonds is 3. The summed E-state index contributed by atoms with van der Waals surface area (Å²) >= 11 is 0. The van der Waals surface area contributed by atoms with Gasteiger partial charge in [0.1, 0.15) is 0 Å². The number of ether oxygens (including phenoxy) is 1. The molecule has 1 aliphatic heterocycles. The van der Waals surface area contributed by atoms with E-state index in [0.717, 1.165) is 18.7 Å². The Hall–Kier alpha value is -1.35. The highest BCUT2D eigenvalue weighted by Gasteiger charge is 2.19. The van der Waals surface area contributed by atoms with Gasteiger partial charge in [-0.05, 0) is 68.8 Å². The molecule has 3 heteroatoms. The highest BCUT2D eigenvalue weighted by atomic mass is 16.5. The maximum absolute atomic E-state index is 11.9. The van der Waals surface area contributed by atoms with Gasteiger partial charge in [-0.25, -0.2) is 4.79 Å². The number of esters is 1. The molecule has 0 spiro atoms. The molecule has 0 saturated carbocycles. The van der Waals surface area contributed by atoms with Crippen LogP contribution in [0.2, 0.25) is 0 Å². The zero-order chi connectivity index (χ0) is 13.8. The van der Waals surface area contributed by atoms with Crippen LogP contribution in [0, 0.1) is 13.8 Å². The molecule has 1 aromatic rings. The van der Waals surface area contributed by atoms with Crippen molar-refractivity contribution >= 4 is 5.97 Å². The minimum absolute atomic E-state index is 0.212. The van der Waals surface area contributed by atoms with Gasteiger partial charge in [0.05, 0.1) is 12.2 Å². The molecule has 1 aliphatic rings. The minimum Gasteiger partial charge on any atom is -0.462 e. The van der Waals surface area contributed by atoms with Crippen molar-refractivity contribution in [3.8, 4) is 0 Å². The number of nitrogens with one attached hydrogen (secondary N) is 1. The molecule has 0 aromatic heterocycles. The van der Waals surface area contributed by atoms with Gasteiger partial charge >= 0.3 is 5.97 Å². The SMILES string of the molecule is CCOC(=O)c1cc(C)c([C@H]2CCCNC2)cc1C. The van der Waals surface area contributed by atoms with Gasteiger partial charge in [-0.15, -0.1) is 0 Å². The number of hydrogen-bond donors (Lipinski definition) is 1. The Morgan fingerprint density at radius 3 is 2.79 bits per heavy atom. The van der Waals surface area contributed by atoms with E-state index in [1.807, 2.05) is 19.9 Å².